The molecule has 5 heteroatoms. The van der Waals surface area contributed by atoms with Crippen molar-refractivity contribution in [2.45, 2.75) is 18.2 Å². The third-order valence-electron chi connectivity index (χ3n) is 2.71. The number of alkyl halides is 1. The molecule has 0 bridgehead atoms. The van der Waals surface area contributed by atoms with E-state index < -0.39 is 0 Å². The van der Waals surface area contributed by atoms with Crippen LogP contribution in [0, 0.1) is 5.92 Å². The Labute approximate surface area is 98.1 Å². The molecule has 2 rings (SSSR count). The summed E-state index contributed by atoms with van der Waals surface area (Å²) in [5.41, 5.74) is 2.23. The van der Waals surface area contributed by atoms with Crippen molar-refractivity contribution in [3.05, 3.63) is 16.6 Å². The lowest BCUT2D eigenvalue weighted by molar-refractivity contribution is 0.0742. The first-order chi connectivity index (χ1) is 7.16. The van der Waals surface area contributed by atoms with Gasteiger partial charge in [-0.3, -0.25) is 4.79 Å². The van der Waals surface area contributed by atoms with Gasteiger partial charge < -0.3 is 4.90 Å². The molecule has 82 valence electrons. The molecule has 1 aromatic heterocycles. The number of nitrogens with zero attached hydrogens (tertiary/aromatic N) is 2. The molecule has 1 aliphatic rings. The fraction of sp³-hybridized carbons (Fsp3) is 0.600. The summed E-state index contributed by atoms with van der Waals surface area (Å²) in [5.74, 6) is 0.578. The first-order valence-corrected chi connectivity index (χ1v) is 6.32. The molecule has 3 nitrogen and oxygen atoms in total. The molecule has 0 spiro atoms. The van der Waals surface area contributed by atoms with Crippen LogP contribution < -0.4 is 0 Å². The van der Waals surface area contributed by atoms with Crippen molar-refractivity contribution in [2.24, 2.45) is 5.92 Å². The van der Waals surface area contributed by atoms with Crippen molar-refractivity contribution in [1.82, 2.24) is 9.88 Å². The maximum atomic E-state index is 11.8. The van der Waals surface area contributed by atoms with E-state index in [9.17, 15) is 4.79 Å². The molecule has 0 unspecified atom stereocenters. The van der Waals surface area contributed by atoms with Gasteiger partial charge in [-0.2, -0.15) is 0 Å². The van der Waals surface area contributed by atoms with Gasteiger partial charge in [0.1, 0.15) is 5.69 Å². The quantitative estimate of drug-likeness (QED) is 0.764. The highest BCUT2D eigenvalue weighted by atomic mass is 35.5. The van der Waals surface area contributed by atoms with Crippen molar-refractivity contribution in [2.75, 3.05) is 13.6 Å². The second-order valence-corrected chi connectivity index (χ2v) is 5.33. The minimum atomic E-state index is 0.00859. The Balaban J connectivity index is 1.86. The Hall–Kier alpha value is -0.610. The molecule has 15 heavy (non-hydrogen) atoms. The van der Waals surface area contributed by atoms with E-state index in [1.165, 1.54) is 11.3 Å². The summed E-state index contributed by atoms with van der Waals surface area (Å²) in [6.45, 7) is 0.791. The Morgan fingerprint density at radius 3 is 3.00 bits per heavy atom. The second-order valence-electron chi connectivity index (χ2n) is 3.99. The first-order valence-electron chi connectivity index (χ1n) is 4.94. The molecule has 0 saturated heterocycles. The van der Waals surface area contributed by atoms with Crippen LogP contribution in [0.5, 0.6) is 0 Å². The van der Waals surface area contributed by atoms with Gasteiger partial charge in [0.05, 0.1) is 5.51 Å². The molecule has 1 fully saturated rings. The van der Waals surface area contributed by atoms with Gasteiger partial charge in [0.2, 0.25) is 0 Å². The van der Waals surface area contributed by atoms with E-state index in [4.69, 9.17) is 11.6 Å². The molecule has 1 amide bonds. The summed E-state index contributed by atoms with van der Waals surface area (Å²) >= 11 is 7.34. The van der Waals surface area contributed by atoms with Gasteiger partial charge in [0, 0.05) is 24.3 Å². The highest BCUT2D eigenvalue weighted by molar-refractivity contribution is 7.07. The maximum absolute atomic E-state index is 11.8. The average Bonchev–Trinajstić information content (AvgIpc) is 2.66. The summed E-state index contributed by atoms with van der Waals surface area (Å²) in [4.78, 5) is 17.5. The predicted octanol–water partition coefficient (Wildman–Crippen LogP) is 2.23. The van der Waals surface area contributed by atoms with Crippen molar-refractivity contribution < 1.29 is 4.79 Å². The van der Waals surface area contributed by atoms with Crippen LogP contribution in [0.2, 0.25) is 0 Å². The molecule has 0 aliphatic heterocycles. The minimum absolute atomic E-state index is 0.00859. The normalized spacial score (nSPS) is 24.7. The van der Waals surface area contributed by atoms with Gasteiger partial charge in [-0.1, -0.05) is 0 Å². The summed E-state index contributed by atoms with van der Waals surface area (Å²) < 4.78 is 0. The van der Waals surface area contributed by atoms with Gasteiger partial charge in [-0.15, -0.1) is 22.9 Å². The van der Waals surface area contributed by atoms with Crippen LogP contribution in [0.3, 0.4) is 0 Å². The Morgan fingerprint density at radius 1 is 1.73 bits per heavy atom. The number of carbonyl (C=O) groups is 1. The highest BCUT2D eigenvalue weighted by Crippen LogP contribution is 2.32. The zero-order valence-corrected chi connectivity index (χ0v) is 10.1. The zero-order valence-electron chi connectivity index (χ0n) is 8.52. The number of amides is 1. The standard InChI is InChI=1S/C10H13ClN2OS/c1-13(4-7-2-8(11)3-7)10(14)9-5-15-6-12-9/h5-8H,2-4H2,1H3. The SMILES string of the molecule is CN(CC1CC(Cl)C1)C(=O)c1cscn1. The van der Waals surface area contributed by atoms with Crippen molar-refractivity contribution in [1.29, 1.82) is 0 Å². The summed E-state index contributed by atoms with van der Waals surface area (Å²) in [6.07, 6.45) is 2.05. The van der Waals surface area contributed by atoms with E-state index in [0.29, 0.717) is 17.0 Å². The summed E-state index contributed by atoms with van der Waals surface area (Å²) in [5, 5.41) is 2.10. The smallest absolute Gasteiger partial charge is 0.273 e. The maximum Gasteiger partial charge on any atom is 0.273 e. The number of carbonyl (C=O) groups excluding carboxylic acids is 1. The number of hydrogen-bond acceptors (Lipinski definition) is 3. The molecule has 0 N–H and O–H groups in total. The van der Waals surface area contributed by atoms with Crippen LogP contribution in [-0.4, -0.2) is 34.8 Å². The van der Waals surface area contributed by atoms with Crippen molar-refractivity contribution >= 4 is 28.8 Å². The monoisotopic (exact) mass is 244 g/mol. The Kier molecular flexibility index (Phi) is 3.26. The third kappa shape index (κ3) is 2.49. The van der Waals surface area contributed by atoms with Crippen LogP contribution in [0.25, 0.3) is 0 Å². The van der Waals surface area contributed by atoms with Crippen molar-refractivity contribution in [3.63, 3.8) is 0 Å². The lowest BCUT2D eigenvalue weighted by Crippen LogP contribution is -2.38. The number of hydrogen-bond donors (Lipinski definition) is 0. The molecule has 1 aliphatic carbocycles. The van der Waals surface area contributed by atoms with E-state index in [1.807, 2.05) is 7.05 Å². The van der Waals surface area contributed by atoms with E-state index >= 15 is 0 Å². The van der Waals surface area contributed by atoms with Gasteiger partial charge in [-0.05, 0) is 18.8 Å². The van der Waals surface area contributed by atoms with Gasteiger partial charge >= 0.3 is 0 Å². The Bertz CT molecular complexity index is 335. The average molecular weight is 245 g/mol. The second kappa shape index (κ2) is 4.49. The summed E-state index contributed by atoms with van der Waals surface area (Å²) in [7, 11) is 1.82. The molecule has 0 aromatic carbocycles. The topological polar surface area (TPSA) is 33.2 Å². The number of halogens is 1. The number of aromatic nitrogens is 1. The van der Waals surface area contributed by atoms with Gasteiger partial charge in [0.15, 0.2) is 0 Å². The first kappa shape index (κ1) is 10.9. The largest absolute Gasteiger partial charge is 0.340 e. The highest BCUT2D eigenvalue weighted by Gasteiger charge is 2.29. The zero-order chi connectivity index (χ0) is 10.8. The van der Waals surface area contributed by atoms with Gasteiger partial charge in [0.25, 0.3) is 5.91 Å². The number of rotatable bonds is 3. The van der Waals surface area contributed by atoms with Gasteiger partial charge in [-0.25, -0.2) is 4.98 Å². The molecule has 1 heterocycles. The van der Waals surface area contributed by atoms with E-state index in [2.05, 4.69) is 4.98 Å². The Morgan fingerprint density at radius 2 is 2.47 bits per heavy atom. The third-order valence-corrected chi connectivity index (χ3v) is 3.65. The van der Waals surface area contributed by atoms with Crippen molar-refractivity contribution in [3.8, 4) is 0 Å². The lowest BCUT2D eigenvalue weighted by Gasteiger charge is -2.33. The van der Waals surface area contributed by atoms with Crippen LogP contribution in [0.1, 0.15) is 23.3 Å². The minimum Gasteiger partial charge on any atom is -0.340 e. The van der Waals surface area contributed by atoms with Crippen LogP contribution in [-0.2, 0) is 0 Å². The molecule has 1 saturated carbocycles. The van der Waals surface area contributed by atoms with E-state index in [1.54, 1.807) is 15.8 Å². The fourth-order valence-electron chi connectivity index (χ4n) is 1.79. The van der Waals surface area contributed by atoms with E-state index in [-0.39, 0.29) is 5.91 Å². The molecular formula is C10H13ClN2OS. The lowest BCUT2D eigenvalue weighted by atomic mass is 9.84. The fourth-order valence-corrected chi connectivity index (χ4v) is 2.82. The molecule has 0 radical (unpaired) electrons. The predicted molar refractivity (Wildman–Crippen MR) is 61.4 cm³/mol. The van der Waals surface area contributed by atoms with E-state index in [0.717, 1.165) is 19.4 Å². The molecule has 1 aromatic rings. The number of thiazole rings is 1. The van der Waals surface area contributed by atoms with Crippen LogP contribution in [0.15, 0.2) is 10.9 Å². The van der Waals surface area contributed by atoms with Crippen LogP contribution >= 0.6 is 22.9 Å². The molecular weight excluding hydrogens is 232 g/mol. The summed E-state index contributed by atoms with van der Waals surface area (Å²) in [6, 6.07) is 0. The molecule has 0 atom stereocenters. The van der Waals surface area contributed by atoms with Crippen LogP contribution in [0.4, 0.5) is 0 Å².